The summed E-state index contributed by atoms with van der Waals surface area (Å²) in [5.41, 5.74) is 2.58. The summed E-state index contributed by atoms with van der Waals surface area (Å²) < 4.78 is 7.59. The molecule has 0 radical (unpaired) electrons. The first-order chi connectivity index (χ1) is 9.63. The molecule has 0 saturated carbocycles. The lowest BCUT2D eigenvalue weighted by Gasteiger charge is -2.19. The number of rotatable bonds is 5. The van der Waals surface area contributed by atoms with Gasteiger partial charge >= 0.3 is 0 Å². The van der Waals surface area contributed by atoms with Crippen molar-refractivity contribution in [3.8, 4) is 5.75 Å². The van der Waals surface area contributed by atoms with Gasteiger partial charge in [-0.25, -0.2) is 0 Å². The monoisotopic (exact) mass is 445 g/mol. The van der Waals surface area contributed by atoms with Crippen LogP contribution in [0.1, 0.15) is 17.2 Å². The molecule has 1 unspecified atom stereocenters. The lowest BCUT2D eigenvalue weighted by Crippen LogP contribution is -2.19. The highest BCUT2D eigenvalue weighted by atomic mass is 127. The van der Waals surface area contributed by atoms with E-state index < -0.39 is 0 Å². The minimum Gasteiger partial charge on any atom is -0.497 e. The average molecular weight is 446 g/mol. The first kappa shape index (κ1) is 15.8. The first-order valence-corrected chi connectivity index (χ1v) is 8.26. The van der Waals surface area contributed by atoms with Gasteiger partial charge in [0.25, 0.3) is 0 Å². The van der Waals surface area contributed by atoms with Gasteiger partial charge in [0.2, 0.25) is 0 Å². The Balaban J connectivity index is 2.21. The second-order valence-electron chi connectivity index (χ2n) is 4.56. The molecule has 0 aliphatic carbocycles. The summed E-state index contributed by atoms with van der Waals surface area (Å²) in [6.07, 6.45) is 0.944. The highest BCUT2D eigenvalue weighted by molar-refractivity contribution is 14.1. The van der Waals surface area contributed by atoms with Crippen LogP contribution in [-0.4, -0.2) is 14.2 Å². The molecule has 0 bridgehead atoms. The standard InChI is InChI=1S/C16H17BrINO/c1-19-16(14-10-12(18)5-8-15(14)17)9-11-3-6-13(20-2)7-4-11/h3-8,10,16,19H,9H2,1-2H3. The van der Waals surface area contributed by atoms with Gasteiger partial charge in [0.1, 0.15) is 5.75 Å². The Morgan fingerprint density at radius 2 is 1.90 bits per heavy atom. The molecule has 20 heavy (non-hydrogen) atoms. The molecule has 0 aromatic heterocycles. The molecule has 0 saturated heterocycles. The number of benzene rings is 2. The van der Waals surface area contributed by atoms with E-state index in [0.29, 0.717) is 0 Å². The molecule has 0 fully saturated rings. The molecule has 1 atom stereocenters. The van der Waals surface area contributed by atoms with Gasteiger partial charge in [-0.15, -0.1) is 0 Å². The molecule has 0 aliphatic heterocycles. The topological polar surface area (TPSA) is 21.3 Å². The van der Waals surface area contributed by atoms with Gasteiger partial charge in [0, 0.05) is 14.1 Å². The number of ether oxygens (including phenoxy) is 1. The summed E-state index contributed by atoms with van der Waals surface area (Å²) in [5.74, 6) is 0.894. The fourth-order valence-electron chi connectivity index (χ4n) is 2.15. The predicted octanol–water partition coefficient (Wildman–Crippen LogP) is 4.57. The van der Waals surface area contributed by atoms with Crippen LogP contribution >= 0.6 is 38.5 Å². The maximum Gasteiger partial charge on any atom is 0.118 e. The molecule has 0 spiro atoms. The molecule has 2 rings (SSSR count). The van der Waals surface area contributed by atoms with E-state index in [1.54, 1.807) is 7.11 Å². The maximum absolute atomic E-state index is 5.20. The molecule has 0 heterocycles. The predicted molar refractivity (Wildman–Crippen MR) is 95.4 cm³/mol. The molecule has 0 amide bonds. The van der Waals surface area contributed by atoms with Crippen LogP contribution < -0.4 is 10.1 Å². The molecule has 2 aromatic carbocycles. The van der Waals surface area contributed by atoms with Crippen LogP contribution in [0.5, 0.6) is 5.75 Å². The van der Waals surface area contributed by atoms with Crippen molar-refractivity contribution in [2.45, 2.75) is 12.5 Å². The fraction of sp³-hybridized carbons (Fsp3) is 0.250. The lowest BCUT2D eigenvalue weighted by molar-refractivity contribution is 0.414. The number of hydrogen-bond donors (Lipinski definition) is 1. The zero-order valence-corrected chi connectivity index (χ0v) is 15.2. The van der Waals surface area contributed by atoms with E-state index in [9.17, 15) is 0 Å². The van der Waals surface area contributed by atoms with Crippen molar-refractivity contribution in [2.75, 3.05) is 14.2 Å². The van der Waals surface area contributed by atoms with Gasteiger partial charge in [-0.1, -0.05) is 28.1 Å². The Hall–Kier alpha value is -0.590. The second-order valence-corrected chi connectivity index (χ2v) is 6.66. The molecular formula is C16H17BrINO. The van der Waals surface area contributed by atoms with Gasteiger partial charge < -0.3 is 10.1 Å². The summed E-state index contributed by atoms with van der Waals surface area (Å²) in [5, 5.41) is 3.40. The summed E-state index contributed by atoms with van der Waals surface area (Å²) in [6.45, 7) is 0. The number of nitrogens with one attached hydrogen (secondary N) is 1. The molecule has 1 N–H and O–H groups in total. The summed E-state index contributed by atoms with van der Waals surface area (Å²) in [7, 11) is 3.69. The minimum atomic E-state index is 0.285. The molecular weight excluding hydrogens is 429 g/mol. The summed E-state index contributed by atoms with van der Waals surface area (Å²) in [4.78, 5) is 0. The van der Waals surface area contributed by atoms with Gasteiger partial charge in [-0.3, -0.25) is 0 Å². The van der Waals surface area contributed by atoms with E-state index >= 15 is 0 Å². The Morgan fingerprint density at radius 3 is 2.50 bits per heavy atom. The van der Waals surface area contributed by atoms with Crippen molar-refractivity contribution < 1.29 is 4.74 Å². The van der Waals surface area contributed by atoms with Crippen LogP contribution in [0.25, 0.3) is 0 Å². The molecule has 4 heteroatoms. The summed E-state index contributed by atoms with van der Waals surface area (Å²) in [6, 6.07) is 15.0. The van der Waals surface area contributed by atoms with Crippen LogP contribution in [0.2, 0.25) is 0 Å². The Bertz CT molecular complexity index is 571. The van der Waals surface area contributed by atoms with Crippen molar-refractivity contribution >= 4 is 38.5 Å². The fourth-order valence-corrected chi connectivity index (χ4v) is 3.18. The van der Waals surface area contributed by atoms with Gasteiger partial charge in [-0.2, -0.15) is 0 Å². The second kappa shape index (κ2) is 7.43. The van der Waals surface area contributed by atoms with E-state index in [2.05, 4.69) is 74.2 Å². The normalized spacial score (nSPS) is 12.2. The molecule has 2 nitrogen and oxygen atoms in total. The quantitative estimate of drug-likeness (QED) is 0.681. The van der Waals surface area contributed by atoms with Crippen LogP contribution in [0.3, 0.4) is 0 Å². The third kappa shape index (κ3) is 3.96. The van der Waals surface area contributed by atoms with E-state index in [1.807, 2.05) is 19.2 Å². The maximum atomic E-state index is 5.20. The Morgan fingerprint density at radius 1 is 1.20 bits per heavy atom. The zero-order valence-electron chi connectivity index (χ0n) is 11.5. The summed E-state index contributed by atoms with van der Waals surface area (Å²) >= 11 is 5.99. The lowest BCUT2D eigenvalue weighted by atomic mass is 9.99. The van der Waals surface area contributed by atoms with Crippen LogP contribution in [-0.2, 0) is 6.42 Å². The number of hydrogen-bond acceptors (Lipinski definition) is 2. The van der Waals surface area contributed by atoms with Crippen molar-refractivity contribution in [3.05, 3.63) is 61.6 Å². The highest BCUT2D eigenvalue weighted by Crippen LogP contribution is 2.28. The molecule has 2 aromatic rings. The Kier molecular flexibility index (Phi) is 5.86. The van der Waals surface area contributed by atoms with Gasteiger partial charge in [0.15, 0.2) is 0 Å². The number of likely N-dealkylation sites (N-methyl/N-ethyl adjacent to an activating group) is 1. The van der Waals surface area contributed by atoms with E-state index in [1.165, 1.54) is 14.7 Å². The van der Waals surface area contributed by atoms with Gasteiger partial charge in [-0.05, 0) is 77.5 Å². The average Bonchev–Trinajstić information content (AvgIpc) is 2.48. The third-order valence-electron chi connectivity index (χ3n) is 3.28. The number of methoxy groups -OCH3 is 1. The highest BCUT2D eigenvalue weighted by Gasteiger charge is 2.14. The Labute approximate surface area is 142 Å². The first-order valence-electron chi connectivity index (χ1n) is 6.39. The van der Waals surface area contributed by atoms with Crippen LogP contribution in [0, 0.1) is 3.57 Å². The van der Waals surface area contributed by atoms with Crippen molar-refractivity contribution in [3.63, 3.8) is 0 Å². The van der Waals surface area contributed by atoms with Crippen LogP contribution in [0.15, 0.2) is 46.9 Å². The molecule has 0 aliphatic rings. The van der Waals surface area contributed by atoms with Gasteiger partial charge in [0.05, 0.1) is 7.11 Å². The molecule has 106 valence electrons. The third-order valence-corrected chi connectivity index (χ3v) is 4.67. The largest absolute Gasteiger partial charge is 0.497 e. The SMILES string of the molecule is CNC(Cc1ccc(OC)cc1)c1cc(I)ccc1Br. The van der Waals surface area contributed by atoms with E-state index in [4.69, 9.17) is 4.74 Å². The van der Waals surface area contributed by atoms with E-state index in [-0.39, 0.29) is 6.04 Å². The van der Waals surface area contributed by atoms with Crippen LogP contribution in [0.4, 0.5) is 0 Å². The number of halogens is 2. The van der Waals surface area contributed by atoms with Crippen molar-refractivity contribution in [1.29, 1.82) is 0 Å². The van der Waals surface area contributed by atoms with Crippen molar-refractivity contribution in [2.24, 2.45) is 0 Å². The minimum absolute atomic E-state index is 0.285. The zero-order chi connectivity index (χ0) is 14.5. The smallest absolute Gasteiger partial charge is 0.118 e. The van der Waals surface area contributed by atoms with Crippen molar-refractivity contribution in [1.82, 2.24) is 5.32 Å². The van der Waals surface area contributed by atoms with E-state index in [0.717, 1.165) is 16.6 Å².